The molecule has 0 bridgehead atoms. The summed E-state index contributed by atoms with van der Waals surface area (Å²) in [7, 11) is -3.19. The molecule has 1 heterocycles. The van der Waals surface area contributed by atoms with Gasteiger partial charge in [-0.25, -0.2) is 13.2 Å². The topological polar surface area (TPSA) is 66.5 Å². The molecular weight excluding hydrogens is 276 g/mol. The molecular formula is C14H28N2O3S. The normalized spacial score (nSPS) is 25.1. The van der Waals surface area contributed by atoms with Crippen LogP contribution in [-0.2, 0) is 9.84 Å². The molecule has 1 aliphatic rings. The molecule has 0 unspecified atom stereocenters. The summed E-state index contributed by atoms with van der Waals surface area (Å²) in [6, 6.07) is -0.150. The van der Waals surface area contributed by atoms with Crippen LogP contribution in [0.2, 0.25) is 0 Å². The standard InChI is InChI=1S/C14H28N2O3S/c1-11-6-7-16(9-12(2)8-11)13(17)15-10-14(3,4)20(5,18)19/h11-12H,6-10H2,1-5H3,(H,15,17)/t11-,12-/m1/s1. The third-order valence-corrected chi connectivity index (χ3v) is 6.34. The van der Waals surface area contributed by atoms with Crippen LogP contribution in [0.1, 0.15) is 40.5 Å². The lowest BCUT2D eigenvalue weighted by Crippen LogP contribution is -2.49. The SMILES string of the molecule is C[C@@H]1CCN(C(=O)NCC(C)(C)S(C)(=O)=O)C[C@H](C)C1. The van der Waals surface area contributed by atoms with Gasteiger partial charge in [-0.3, -0.25) is 0 Å². The van der Waals surface area contributed by atoms with E-state index >= 15 is 0 Å². The van der Waals surface area contributed by atoms with Crippen molar-refractivity contribution in [3.05, 3.63) is 0 Å². The minimum Gasteiger partial charge on any atom is -0.336 e. The number of urea groups is 1. The average Bonchev–Trinajstić information content (AvgIpc) is 2.45. The Hall–Kier alpha value is -0.780. The molecule has 20 heavy (non-hydrogen) atoms. The summed E-state index contributed by atoms with van der Waals surface area (Å²) in [4.78, 5) is 14.0. The van der Waals surface area contributed by atoms with E-state index in [2.05, 4.69) is 19.2 Å². The van der Waals surface area contributed by atoms with Crippen molar-refractivity contribution < 1.29 is 13.2 Å². The summed E-state index contributed by atoms with van der Waals surface area (Å²) in [5.74, 6) is 1.12. The second-order valence-electron chi connectivity index (χ2n) is 6.87. The molecule has 0 aromatic carbocycles. The van der Waals surface area contributed by atoms with Crippen LogP contribution in [0.4, 0.5) is 4.79 Å². The smallest absolute Gasteiger partial charge is 0.317 e. The summed E-state index contributed by atoms with van der Waals surface area (Å²) in [6.07, 6.45) is 3.35. The number of hydrogen-bond acceptors (Lipinski definition) is 3. The Morgan fingerprint density at radius 2 is 1.90 bits per heavy atom. The molecule has 6 heteroatoms. The van der Waals surface area contributed by atoms with Crippen molar-refractivity contribution in [1.29, 1.82) is 0 Å². The van der Waals surface area contributed by atoms with E-state index in [-0.39, 0.29) is 12.6 Å². The van der Waals surface area contributed by atoms with Crippen LogP contribution >= 0.6 is 0 Å². The lowest BCUT2D eigenvalue weighted by molar-refractivity contribution is 0.193. The summed E-state index contributed by atoms with van der Waals surface area (Å²) < 4.78 is 22.3. The molecule has 0 aromatic heterocycles. The third-order valence-electron chi connectivity index (χ3n) is 4.18. The van der Waals surface area contributed by atoms with Gasteiger partial charge >= 0.3 is 6.03 Å². The highest BCUT2D eigenvalue weighted by molar-refractivity contribution is 7.92. The summed E-state index contributed by atoms with van der Waals surface area (Å²) in [6.45, 7) is 9.27. The van der Waals surface area contributed by atoms with Gasteiger partial charge in [-0.1, -0.05) is 13.8 Å². The van der Waals surface area contributed by atoms with Crippen molar-refractivity contribution in [1.82, 2.24) is 10.2 Å². The van der Waals surface area contributed by atoms with Crippen LogP contribution in [0, 0.1) is 11.8 Å². The van der Waals surface area contributed by atoms with Crippen molar-refractivity contribution in [3.8, 4) is 0 Å². The van der Waals surface area contributed by atoms with Crippen molar-refractivity contribution in [2.24, 2.45) is 11.8 Å². The number of hydrogen-bond donors (Lipinski definition) is 1. The van der Waals surface area contributed by atoms with Gasteiger partial charge in [0.25, 0.3) is 0 Å². The molecule has 1 N–H and O–H groups in total. The molecule has 1 rings (SSSR count). The highest BCUT2D eigenvalue weighted by Crippen LogP contribution is 2.21. The lowest BCUT2D eigenvalue weighted by atomic mass is 9.97. The highest BCUT2D eigenvalue weighted by Gasteiger charge is 2.31. The number of amides is 2. The van der Waals surface area contributed by atoms with Crippen LogP contribution < -0.4 is 5.32 Å². The maximum Gasteiger partial charge on any atom is 0.317 e. The molecule has 0 aliphatic carbocycles. The quantitative estimate of drug-likeness (QED) is 0.866. The van der Waals surface area contributed by atoms with Gasteiger partial charge in [0, 0.05) is 25.9 Å². The maximum atomic E-state index is 12.2. The van der Waals surface area contributed by atoms with Crippen molar-refractivity contribution in [2.75, 3.05) is 25.9 Å². The fourth-order valence-electron chi connectivity index (χ4n) is 2.44. The van der Waals surface area contributed by atoms with Gasteiger partial charge in [-0.15, -0.1) is 0 Å². The second-order valence-corrected chi connectivity index (χ2v) is 9.52. The molecule has 0 saturated carbocycles. The van der Waals surface area contributed by atoms with E-state index in [1.165, 1.54) is 6.26 Å². The molecule has 2 atom stereocenters. The molecule has 1 saturated heterocycles. The van der Waals surface area contributed by atoms with Gasteiger partial charge in [0.1, 0.15) is 0 Å². The van der Waals surface area contributed by atoms with Gasteiger partial charge in [0.05, 0.1) is 4.75 Å². The van der Waals surface area contributed by atoms with Gasteiger partial charge in [-0.05, 0) is 38.5 Å². The molecule has 0 aromatic rings. The fraction of sp³-hybridized carbons (Fsp3) is 0.929. The minimum absolute atomic E-state index is 0.144. The zero-order valence-corrected chi connectivity index (χ0v) is 14.1. The first-order valence-electron chi connectivity index (χ1n) is 7.25. The number of likely N-dealkylation sites (tertiary alicyclic amines) is 1. The van der Waals surface area contributed by atoms with E-state index in [1.54, 1.807) is 13.8 Å². The predicted molar refractivity (Wildman–Crippen MR) is 81.5 cm³/mol. The monoisotopic (exact) mass is 304 g/mol. The van der Waals surface area contributed by atoms with Crippen LogP contribution in [0.15, 0.2) is 0 Å². The predicted octanol–water partition coefficient (Wildman–Crippen LogP) is 1.89. The number of rotatable bonds is 3. The van der Waals surface area contributed by atoms with Gasteiger partial charge in [-0.2, -0.15) is 0 Å². The van der Waals surface area contributed by atoms with E-state index in [1.807, 2.05) is 4.90 Å². The molecule has 0 spiro atoms. The number of carbonyl (C=O) groups excluding carboxylic acids is 1. The summed E-state index contributed by atoms with van der Waals surface area (Å²) in [5, 5.41) is 2.77. The number of nitrogens with zero attached hydrogens (tertiary/aromatic N) is 1. The first-order valence-corrected chi connectivity index (χ1v) is 9.14. The van der Waals surface area contributed by atoms with Gasteiger partial charge in [0.2, 0.25) is 0 Å². The molecule has 1 fully saturated rings. The Morgan fingerprint density at radius 1 is 1.30 bits per heavy atom. The Morgan fingerprint density at radius 3 is 2.45 bits per heavy atom. The van der Waals surface area contributed by atoms with Crippen LogP contribution in [0.3, 0.4) is 0 Å². The van der Waals surface area contributed by atoms with E-state index in [9.17, 15) is 13.2 Å². The Labute approximate surface area is 123 Å². The largest absolute Gasteiger partial charge is 0.336 e. The van der Waals surface area contributed by atoms with Crippen LogP contribution in [-0.4, -0.2) is 50.0 Å². The number of sulfone groups is 1. The van der Waals surface area contributed by atoms with Crippen molar-refractivity contribution in [3.63, 3.8) is 0 Å². The van der Waals surface area contributed by atoms with Crippen molar-refractivity contribution >= 4 is 15.9 Å². The fourth-order valence-corrected chi connectivity index (χ4v) is 2.77. The first-order chi connectivity index (χ1) is 9.03. The minimum atomic E-state index is -3.19. The van der Waals surface area contributed by atoms with E-state index in [0.717, 1.165) is 25.9 Å². The average molecular weight is 304 g/mol. The van der Waals surface area contributed by atoms with Crippen LogP contribution in [0.25, 0.3) is 0 Å². The first kappa shape index (κ1) is 17.3. The zero-order valence-electron chi connectivity index (χ0n) is 13.3. The zero-order chi connectivity index (χ0) is 15.6. The lowest BCUT2D eigenvalue weighted by Gasteiger charge is -2.27. The molecule has 118 valence electrons. The molecule has 5 nitrogen and oxygen atoms in total. The van der Waals surface area contributed by atoms with Crippen molar-refractivity contribution in [2.45, 2.75) is 45.3 Å². The maximum absolute atomic E-state index is 12.2. The number of nitrogens with one attached hydrogen (secondary N) is 1. The summed E-state index contributed by atoms with van der Waals surface area (Å²) >= 11 is 0. The number of carbonyl (C=O) groups is 1. The Balaban J connectivity index is 2.59. The Bertz CT molecular complexity index is 445. The van der Waals surface area contributed by atoms with Gasteiger partial charge < -0.3 is 10.2 Å². The highest BCUT2D eigenvalue weighted by atomic mass is 32.2. The second kappa shape index (κ2) is 6.33. The van der Waals surface area contributed by atoms with Crippen LogP contribution in [0.5, 0.6) is 0 Å². The molecule has 0 radical (unpaired) electrons. The third kappa shape index (κ3) is 4.65. The van der Waals surface area contributed by atoms with E-state index in [0.29, 0.717) is 11.8 Å². The Kier molecular flexibility index (Phi) is 5.46. The van der Waals surface area contributed by atoms with E-state index in [4.69, 9.17) is 0 Å². The summed E-state index contributed by atoms with van der Waals surface area (Å²) in [5.41, 5.74) is 0. The van der Waals surface area contributed by atoms with E-state index < -0.39 is 14.6 Å². The molecule has 1 aliphatic heterocycles. The van der Waals surface area contributed by atoms with Gasteiger partial charge in [0.15, 0.2) is 9.84 Å². The molecule has 2 amide bonds.